The topological polar surface area (TPSA) is 108 Å². The zero-order valence-electron chi connectivity index (χ0n) is 10.6. The highest BCUT2D eigenvalue weighted by Gasteiger charge is 2.22. The molecule has 0 saturated heterocycles. The molecule has 110 valence electrons. The van der Waals surface area contributed by atoms with E-state index in [-0.39, 0.29) is 33.3 Å². The molecular formula is C11H8ClN3O5S. The molecule has 21 heavy (non-hydrogen) atoms. The molecule has 0 aliphatic rings. The summed E-state index contributed by atoms with van der Waals surface area (Å²) in [5.41, 5.74) is -0.191. The Kier molecular flexibility index (Phi) is 4.76. The Labute approximate surface area is 127 Å². The largest absolute Gasteiger partial charge is 0.459 e. The van der Waals surface area contributed by atoms with Crippen LogP contribution in [-0.4, -0.2) is 27.7 Å². The van der Waals surface area contributed by atoms with Gasteiger partial charge >= 0.3 is 11.9 Å². The number of carbonyl (C=O) groups is 1. The Morgan fingerprint density at radius 2 is 2.29 bits per heavy atom. The molecule has 0 aliphatic heterocycles. The van der Waals surface area contributed by atoms with Crippen molar-refractivity contribution in [2.45, 2.75) is 17.0 Å². The Balaban J connectivity index is 2.27. The molecule has 0 amide bonds. The van der Waals surface area contributed by atoms with Gasteiger partial charge in [-0.05, 0) is 24.8 Å². The smallest absolute Gasteiger partial charge is 0.396 e. The average Bonchev–Trinajstić information content (AvgIpc) is 2.90. The molecule has 2 rings (SSSR count). The van der Waals surface area contributed by atoms with Crippen molar-refractivity contribution in [2.75, 3.05) is 6.61 Å². The molecule has 0 aliphatic carbocycles. The van der Waals surface area contributed by atoms with Gasteiger partial charge in [0.05, 0.1) is 16.6 Å². The molecule has 10 heteroatoms. The SMILES string of the molecule is CCOC(=O)c1nnc(Sc2c(Cl)cccc2[N+](=O)[O-])o1. The first kappa shape index (κ1) is 15.3. The summed E-state index contributed by atoms with van der Waals surface area (Å²) in [7, 11) is 0. The van der Waals surface area contributed by atoms with E-state index < -0.39 is 10.9 Å². The first-order valence-corrected chi connectivity index (χ1v) is 6.83. The van der Waals surface area contributed by atoms with Crippen LogP contribution in [0, 0.1) is 10.1 Å². The van der Waals surface area contributed by atoms with E-state index in [0.29, 0.717) is 0 Å². The van der Waals surface area contributed by atoms with E-state index in [9.17, 15) is 14.9 Å². The van der Waals surface area contributed by atoms with Crippen LogP contribution in [0.1, 0.15) is 17.6 Å². The average molecular weight is 330 g/mol. The lowest BCUT2D eigenvalue weighted by Crippen LogP contribution is -2.04. The Hall–Kier alpha value is -2.13. The van der Waals surface area contributed by atoms with Crippen LogP contribution < -0.4 is 0 Å². The van der Waals surface area contributed by atoms with Gasteiger partial charge in [0.1, 0.15) is 4.90 Å². The van der Waals surface area contributed by atoms with Crippen LogP contribution in [0.3, 0.4) is 0 Å². The first-order chi connectivity index (χ1) is 10.0. The molecule has 0 saturated carbocycles. The highest BCUT2D eigenvalue weighted by atomic mass is 35.5. The number of halogens is 1. The van der Waals surface area contributed by atoms with E-state index in [4.69, 9.17) is 20.8 Å². The maximum atomic E-state index is 11.4. The second-order valence-corrected chi connectivity index (χ2v) is 4.91. The quantitative estimate of drug-likeness (QED) is 0.468. The summed E-state index contributed by atoms with van der Waals surface area (Å²) in [6, 6.07) is 4.26. The molecule has 1 aromatic heterocycles. The van der Waals surface area contributed by atoms with E-state index in [1.807, 2.05) is 0 Å². The fourth-order valence-electron chi connectivity index (χ4n) is 1.36. The number of rotatable bonds is 5. The van der Waals surface area contributed by atoms with Gasteiger partial charge in [0.2, 0.25) is 0 Å². The van der Waals surface area contributed by atoms with E-state index >= 15 is 0 Å². The standard InChI is InChI=1S/C11H8ClN3O5S/c1-2-19-10(16)9-13-14-11(20-9)21-8-6(12)4-3-5-7(8)15(17)18/h3-5H,2H2,1H3. The number of ether oxygens (including phenoxy) is 1. The van der Waals surface area contributed by atoms with Crippen molar-refractivity contribution < 1.29 is 18.9 Å². The van der Waals surface area contributed by atoms with Gasteiger partial charge in [0, 0.05) is 6.07 Å². The van der Waals surface area contributed by atoms with Crippen molar-refractivity contribution in [3.63, 3.8) is 0 Å². The summed E-state index contributed by atoms with van der Waals surface area (Å²) in [4.78, 5) is 21.9. The Morgan fingerprint density at radius 3 is 2.95 bits per heavy atom. The molecule has 1 heterocycles. The summed E-state index contributed by atoms with van der Waals surface area (Å²) in [6.45, 7) is 1.80. The maximum Gasteiger partial charge on any atom is 0.396 e. The van der Waals surface area contributed by atoms with Crippen molar-refractivity contribution in [2.24, 2.45) is 0 Å². The number of benzene rings is 1. The highest BCUT2D eigenvalue weighted by Crippen LogP contribution is 2.39. The van der Waals surface area contributed by atoms with Crippen LogP contribution in [0.15, 0.2) is 32.7 Å². The molecule has 0 N–H and O–H groups in total. The van der Waals surface area contributed by atoms with Crippen molar-refractivity contribution in [1.82, 2.24) is 10.2 Å². The maximum absolute atomic E-state index is 11.4. The van der Waals surface area contributed by atoms with Gasteiger partial charge in [-0.2, -0.15) is 0 Å². The molecule has 0 bridgehead atoms. The van der Waals surface area contributed by atoms with Crippen LogP contribution >= 0.6 is 23.4 Å². The summed E-state index contributed by atoms with van der Waals surface area (Å²) >= 11 is 6.74. The molecule has 0 atom stereocenters. The lowest BCUT2D eigenvalue weighted by molar-refractivity contribution is -0.387. The van der Waals surface area contributed by atoms with Crippen molar-refractivity contribution in [3.8, 4) is 0 Å². The van der Waals surface area contributed by atoms with Crippen LogP contribution in [0.25, 0.3) is 0 Å². The predicted molar refractivity (Wildman–Crippen MR) is 72.5 cm³/mol. The fraction of sp³-hybridized carbons (Fsp3) is 0.182. The van der Waals surface area contributed by atoms with Gasteiger partial charge in [-0.15, -0.1) is 5.10 Å². The second-order valence-electron chi connectivity index (χ2n) is 3.54. The number of carbonyl (C=O) groups excluding carboxylic acids is 1. The zero-order chi connectivity index (χ0) is 15.4. The van der Waals surface area contributed by atoms with E-state index in [1.165, 1.54) is 18.2 Å². The van der Waals surface area contributed by atoms with Crippen LogP contribution in [0.5, 0.6) is 0 Å². The molecule has 0 fully saturated rings. The molecule has 0 radical (unpaired) electrons. The second kappa shape index (κ2) is 6.55. The fourth-order valence-corrected chi connectivity index (χ4v) is 2.43. The van der Waals surface area contributed by atoms with Crippen molar-refractivity contribution in [3.05, 3.63) is 39.2 Å². The van der Waals surface area contributed by atoms with Gasteiger partial charge in [-0.3, -0.25) is 10.1 Å². The minimum absolute atomic E-state index is 0.0470. The first-order valence-electron chi connectivity index (χ1n) is 5.64. The number of hydrogen-bond donors (Lipinski definition) is 0. The van der Waals surface area contributed by atoms with E-state index in [1.54, 1.807) is 6.92 Å². The number of esters is 1. The third-order valence-electron chi connectivity index (χ3n) is 2.19. The van der Waals surface area contributed by atoms with Gasteiger partial charge in [-0.1, -0.05) is 22.8 Å². The Bertz CT molecular complexity index is 690. The highest BCUT2D eigenvalue weighted by molar-refractivity contribution is 7.99. The third kappa shape index (κ3) is 3.50. The van der Waals surface area contributed by atoms with Crippen LogP contribution in [-0.2, 0) is 4.74 Å². The minimum Gasteiger partial charge on any atom is -0.459 e. The molecule has 8 nitrogen and oxygen atoms in total. The number of aromatic nitrogens is 2. The minimum atomic E-state index is -0.759. The summed E-state index contributed by atoms with van der Waals surface area (Å²) in [5, 5.41) is 18.2. The van der Waals surface area contributed by atoms with Crippen molar-refractivity contribution >= 4 is 35.0 Å². The molecular weight excluding hydrogens is 322 g/mol. The molecule has 2 aromatic rings. The number of hydrogen-bond acceptors (Lipinski definition) is 8. The molecule has 0 unspecified atom stereocenters. The normalized spacial score (nSPS) is 10.4. The monoisotopic (exact) mass is 329 g/mol. The third-order valence-corrected chi connectivity index (χ3v) is 3.59. The number of nitrogens with zero attached hydrogens (tertiary/aromatic N) is 3. The zero-order valence-corrected chi connectivity index (χ0v) is 12.2. The molecule has 1 aromatic carbocycles. The molecule has 0 spiro atoms. The number of nitro benzene ring substituents is 1. The predicted octanol–water partition coefficient (Wildman–Crippen LogP) is 2.96. The van der Waals surface area contributed by atoms with Crippen LogP contribution in [0.4, 0.5) is 5.69 Å². The van der Waals surface area contributed by atoms with Gasteiger partial charge in [0.25, 0.3) is 10.9 Å². The van der Waals surface area contributed by atoms with Gasteiger partial charge in [-0.25, -0.2) is 4.79 Å². The van der Waals surface area contributed by atoms with Crippen LogP contribution in [0.2, 0.25) is 5.02 Å². The number of nitro groups is 1. The lowest BCUT2D eigenvalue weighted by atomic mass is 10.3. The van der Waals surface area contributed by atoms with Gasteiger partial charge in [0.15, 0.2) is 0 Å². The van der Waals surface area contributed by atoms with Crippen molar-refractivity contribution in [1.29, 1.82) is 0 Å². The van der Waals surface area contributed by atoms with E-state index in [0.717, 1.165) is 11.8 Å². The lowest BCUT2D eigenvalue weighted by Gasteiger charge is -2.01. The van der Waals surface area contributed by atoms with Gasteiger partial charge < -0.3 is 9.15 Å². The summed E-state index contributed by atoms with van der Waals surface area (Å²) < 4.78 is 9.78. The summed E-state index contributed by atoms with van der Waals surface area (Å²) in [6.07, 6.45) is 0. The Morgan fingerprint density at radius 1 is 1.52 bits per heavy atom. The summed E-state index contributed by atoms with van der Waals surface area (Å²) in [5.74, 6) is -1.08. The van der Waals surface area contributed by atoms with E-state index in [2.05, 4.69) is 10.2 Å².